The van der Waals surface area contributed by atoms with Gasteiger partial charge in [-0.15, -0.1) is 0 Å². The molecule has 5 aliphatic rings. The molecule has 3 unspecified atom stereocenters. The van der Waals surface area contributed by atoms with E-state index in [1.165, 1.54) is 0 Å². The van der Waals surface area contributed by atoms with Crippen molar-refractivity contribution in [2.45, 2.75) is 102 Å². The Bertz CT molecular complexity index is 2160. The average molecular weight is 750 g/mol. The molecule has 4 aromatic rings. The lowest BCUT2D eigenvalue weighted by atomic mass is 9.77. The first kappa shape index (κ1) is 37.3. The number of benzene rings is 3. The largest absolute Gasteiger partial charge is 0.473 e. The molecule has 4 fully saturated rings. The van der Waals surface area contributed by atoms with Crippen molar-refractivity contribution in [2.75, 3.05) is 45.5 Å². The maximum absolute atomic E-state index is 18.0. The van der Waals surface area contributed by atoms with Crippen LogP contribution >= 0.6 is 0 Å². The van der Waals surface area contributed by atoms with E-state index in [9.17, 15) is 10.1 Å². The quantitative estimate of drug-likeness (QED) is 0.148. The highest BCUT2D eigenvalue weighted by atomic mass is 19.1. The Kier molecular flexibility index (Phi) is 10.0. The summed E-state index contributed by atoms with van der Waals surface area (Å²) in [5, 5.41) is 12.3. The van der Waals surface area contributed by atoms with Crippen molar-refractivity contribution in [3.8, 4) is 28.8 Å². The molecule has 290 valence electrons. The second-order valence-corrected chi connectivity index (χ2v) is 16.8. The van der Waals surface area contributed by atoms with E-state index in [2.05, 4.69) is 35.9 Å². The van der Waals surface area contributed by atoms with Crippen LogP contribution in [0.1, 0.15) is 70.9 Å². The Hall–Kier alpha value is -4.66. The van der Waals surface area contributed by atoms with Gasteiger partial charge in [-0.25, -0.2) is 14.2 Å². The molecule has 3 aromatic carbocycles. The molecule has 9 rings (SSSR count). The minimum atomic E-state index is -0.592. The summed E-state index contributed by atoms with van der Waals surface area (Å²) in [5.74, 6) is 0.854. The van der Waals surface area contributed by atoms with Crippen molar-refractivity contribution < 1.29 is 28.1 Å². The number of nitriles is 1. The molecule has 4 aliphatic heterocycles. The van der Waals surface area contributed by atoms with E-state index >= 15 is 4.39 Å². The number of halogens is 1. The summed E-state index contributed by atoms with van der Waals surface area (Å²) in [6.45, 7) is 10.2. The molecule has 11 heteroatoms. The number of likely N-dealkylation sites (N-methyl/N-ethyl adjacent to an activating group) is 1. The highest BCUT2D eigenvalue weighted by Crippen LogP contribution is 2.51. The van der Waals surface area contributed by atoms with Gasteiger partial charge in [0, 0.05) is 55.1 Å². The number of nitrogens with zero attached hydrogens (tertiary/aromatic N) is 5. The molecule has 0 radical (unpaired) electrons. The fourth-order valence-corrected chi connectivity index (χ4v) is 9.65. The molecule has 1 saturated carbocycles. The van der Waals surface area contributed by atoms with Gasteiger partial charge in [-0.3, -0.25) is 4.90 Å². The van der Waals surface area contributed by atoms with Gasteiger partial charge in [0.05, 0.1) is 23.8 Å². The number of fused-ring (bicyclic) bond motifs is 5. The van der Waals surface area contributed by atoms with Crippen molar-refractivity contribution in [1.82, 2.24) is 14.8 Å². The number of aryl methyl sites for hydroxylation is 1. The highest BCUT2D eigenvalue weighted by Gasteiger charge is 2.57. The summed E-state index contributed by atoms with van der Waals surface area (Å²) >= 11 is 0. The second kappa shape index (κ2) is 14.8. The minimum Gasteiger partial charge on any atom is -0.473 e. The summed E-state index contributed by atoms with van der Waals surface area (Å²) in [6.07, 6.45) is 4.82. The fraction of sp³-hybridized carbons (Fsp3) is 0.523. The van der Waals surface area contributed by atoms with Crippen molar-refractivity contribution in [3.63, 3.8) is 0 Å². The number of amides is 1. The summed E-state index contributed by atoms with van der Waals surface area (Å²) in [7, 11) is 3.70. The van der Waals surface area contributed by atoms with Crippen molar-refractivity contribution in [2.24, 2.45) is 5.92 Å². The lowest BCUT2D eigenvalue weighted by molar-refractivity contribution is 0.0232. The van der Waals surface area contributed by atoms with Crippen LogP contribution in [0, 0.1) is 23.1 Å². The van der Waals surface area contributed by atoms with Crippen LogP contribution in [0.5, 0.6) is 11.6 Å². The Labute approximate surface area is 323 Å². The molecule has 0 spiro atoms. The smallest absolute Gasteiger partial charge is 0.410 e. The van der Waals surface area contributed by atoms with Crippen molar-refractivity contribution in [3.05, 3.63) is 59.4 Å². The standard InChI is InChI=1S/C44H52FN5O5/c1-26(35-16-11-18-48(35)5)54-42-32-15-10-19-49(40-29-22-36(40)50(24-29)43(51)55-44(2,3)4)41(32)34-21-28(13-9-17-46)37(38(45)39(34)47-42)33-23-30(53-25-52-6)20-27-12-7-8-14-31(27)33/h7-8,12,14,20-21,23,26,29,35-36,40H,9-11,13,15-16,18-19,22,24-25H2,1-6H3/t26-,29?,35-,36?,40?/m0/s1. The number of aromatic nitrogens is 1. The molecule has 10 nitrogen and oxygen atoms in total. The number of carbonyl (C=O) groups excluding carboxylic acids is 1. The number of ether oxygens (including phenoxy) is 4. The average Bonchev–Trinajstić information content (AvgIpc) is 3.89. The number of hydrogen-bond acceptors (Lipinski definition) is 9. The summed E-state index contributed by atoms with van der Waals surface area (Å²) in [5.41, 5.74) is 3.39. The zero-order valence-electron chi connectivity index (χ0n) is 32.9. The van der Waals surface area contributed by atoms with Crippen LogP contribution in [0.2, 0.25) is 0 Å². The lowest BCUT2D eigenvalue weighted by Crippen LogP contribution is -2.57. The third-order valence-electron chi connectivity index (χ3n) is 12.1. The van der Waals surface area contributed by atoms with E-state index in [-0.39, 0.29) is 55.0 Å². The van der Waals surface area contributed by atoms with E-state index in [1.54, 1.807) is 7.11 Å². The molecular weight excluding hydrogens is 698 g/mol. The van der Waals surface area contributed by atoms with Crippen LogP contribution in [0.15, 0.2) is 42.5 Å². The maximum atomic E-state index is 18.0. The Morgan fingerprint density at radius 3 is 2.69 bits per heavy atom. The van der Waals surface area contributed by atoms with Crippen molar-refractivity contribution >= 4 is 33.5 Å². The number of carbonyl (C=O) groups is 1. The first-order valence-electron chi connectivity index (χ1n) is 19.8. The van der Waals surface area contributed by atoms with Crippen LogP contribution in [0.4, 0.5) is 14.9 Å². The van der Waals surface area contributed by atoms with Crippen LogP contribution in [-0.2, 0) is 22.3 Å². The number of anilines is 1. The Morgan fingerprint density at radius 1 is 1.13 bits per heavy atom. The first-order valence-corrected chi connectivity index (χ1v) is 19.8. The van der Waals surface area contributed by atoms with Gasteiger partial charge in [0.1, 0.15) is 23.0 Å². The van der Waals surface area contributed by atoms with Gasteiger partial charge in [0.2, 0.25) is 5.88 Å². The SMILES string of the molecule is COCOc1cc(-c2c(CCC#N)cc3c4c(c(O[C@@H](C)[C@@H]5CCCN5C)nc3c2F)CCCN4C2C3CC2N(C(=O)OC(C)(C)C)C3)c2ccccc2c1. The molecule has 1 aliphatic carbocycles. The molecule has 1 aromatic heterocycles. The molecule has 1 amide bonds. The van der Waals surface area contributed by atoms with Gasteiger partial charge in [-0.05, 0) is 120 Å². The van der Waals surface area contributed by atoms with E-state index in [0.717, 1.165) is 72.8 Å². The maximum Gasteiger partial charge on any atom is 0.410 e. The monoisotopic (exact) mass is 749 g/mol. The lowest BCUT2D eigenvalue weighted by Gasteiger charge is -2.48. The number of hydrogen-bond donors (Lipinski definition) is 0. The molecular formula is C44H52FN5O5. The van der Waals surface area contributed by atoms with Crippen molar-refractivity contribution in [1.29, 1.82) is 5.26 Å². The van der Waals surface area contributed by atoms with Crippen LogP contribution in [-0.4, -0.2) is 91.3 Å². The molecule has 5 atom stereocenters. The number of methoxy groups -OCH3 is 1. The number of pyridine rings is 1. The molecule has 0 N–H and O–H groups in total. The van der Waals surface area contributed by atoms with Gasteiger partial charge < -0.3 is 28.7 Å². The normalized spacial score (nSPS) is 22.7. The zero-order valence-corrected chi connectivity index (χ0v) is 32.9. The van der Waals surface area contributed by atoms with Gasteiger partial charge >= 0.3 is 6.09 Å². The van der Waals surface area contributed by atoms with Gasteiger partial charge in [0.25, 0.3) is 0 Å². The number of rotatable bonds is 10. The third kappa shape index (κ3) is 6.82. The Morgan fingerprint density at radius 2 is 1.95 bits per heavy atom. The second-order valence-electron chi connectivity index (χ2n) is 16.8. The zero-order chi connectivity index (χ0) is 38.6. The first-order chi connectivity index (χ1) is 26.5. The third-order valence-corrected chi connectivity index (χ3v) is 12.1. The van der Waals surface area contributed by atoms with E-state index in [1.807, 2.05) is 62.1 Å². The molecule has 5 heterocycles. The topological polar surface area (TPSA) is 100 Å². The Balaban J connectivity index is 1.32. The molecule has 2 bridgehead atoms. The predicted octanol–water partition coefficient (Wildman–Crippen LogP) is 8.25. The van der Waals surface area contributed by atoms with Gasteiger partial charge in [-0.1, -0.05) is 24.3 Å². The van der Waals surface area contributed by atoms with Gasteiger partial charge in [0.15, 0.2) is 12.6 Å². The fourth-order valence-electron chi connectivity index (χ4n) is 9.65. The number of likely N-dealkylation sites (tertiary alicyclic amines) is 1. The van der Waals surface area contributed by atoms with E-state index in [4.69, 9.17) is 23.9 Å². The summed E-state index contributed by atoms with van der Waals surface area (Å²) in [4.78, 5) is 25.2. The molecule has 55 heavy (non-hydrogen) atoms. The van der Waals surface area contributed by atoms with Crippen LogP contribution in [0.3, 0.4) is 0 Å². The van der Waals surface area contributed by atoms with E-state index in [0.29, 0.717) is 41.1 Å². The van der Waals surface area contributed by atoms with Crippen LogP contribution < -0.4 is 14.4 Å². The van der Waals surface area contributed by atoms with Crippen LogP contribution in [0.25, 0.3) is 32.8 Å². The summed E-state index contributed by atoms with van der Waals surface area (Å²) < 4.78 is 41.8. The minimum absolute atomic E-state index is 0.00664. The van der Waals surface area contributed by atoms with E-state index < -0.39 is 11.4 Å². The highest BCUT2D eigenvalue weighted by molar-refractivity contribution is 6.04. The summed E-state index contributed by atoms with van der Waals surface area (Å²) in [6, 6.07) is 16.3. The predicted molar refractivity (Wildman–Crippen MR) is 211 cm³/mol. The van der Waals surface area contributed by atoms with Gasteiger partial charge in [-0.2, -0.15) is 5.26 Å². The molecule has 3 saturated heterocycles.